The summed E-state index contributed by atoms with van der Waals surface area (Å²) in [6.45, 7) is 1.86. The van der Waals surface area contributed by atoms with E-state index in [1.54, 1.807) is 4.52 Å². The van der Waals surface area contributed by atoms with Crippen molar-refractivity contribution in [2.75, 3.05) is 0 Å². The number of rotatable bonds is 3. The number of nitrogens with zero attached hydrogens (tertiary/aromatic N) is 5. The molecule has 0 atom stereocenters. The predicted molar refractivity (Wildman–Crippen MR) is 70.8 cm³/mol. The molecular formula is C12H9N5O2S. The number of aromatic carboxylic acids is 1. The monoisotopic (exact) mass is 287 g/mol. The van der Waals surface area contributed by atoms with E-state index in [1.165, 1.54) is 36.4 Å². The zero-order valence-corrected chi connectivity index (χ0v) is 11.2. The summed E-state index contributed by atoms with van der Waals surface area (Å²) in [5.74, 6) is -0.479. The third-order valence-corrected chi connectivity index (χ3v) is 3.47. The molecule has 3 heterocycles. The van der Waals surface area contributed by atoms with E-state index < -0.39 is 5.97 Å². The fourth-order valence-electron chi connectivity index (χ4n) is 1.68. The van der Waals surface area contributed by atoms with Crippen LogP contribution in [0.25, 0.3) is 5.78 Å². The highest BCUT2D eigenvalue weighted by molar-refractivity contribution is 7.99. The van der Waals surface area contributed by atoms with Crippen molar-refractivity contribution in [3.63, 3.8) is 0 Å². The highest BCUT2D eigenvalue weighted by Crippen LogP contribution is 2.26. The van der Waals surface area contributed by atoms with Gasteiger partial charge in [-0.25, -0.2) is 14.8 Å². The van der Waals surface area contributed by atoms with Crippen LogP contribution in [0.3, 0.4) is 0 Å². The van der Waals surface area contributed by atoms with Gasteiger partial charge in [-0.2, -0.15) is 14.6 Å². The fraction of sp³-hybridized carbons (Fsp3) is 0.0833. The lowest BCUT2D eigenvalue weighted by atomic mass is 10.3. The third kappa shape index (κ3) is 2.32. The molecule has 0 saturated heterocycles. The van der Waals surface area contributed by atoms with Gasteiger partial charge in [-0.15, -0.1) is 0 Å². The SMILES string of the molecule is Cc1cc(Sc2cc(C(=O)O)ccn2)n2ncnc2n1. The van der Waals surface area contributed by atoms with E-state index in [0.717, 1.165) is 10.7 Å². The molecule has 20 heavy (non-hydrogen) atoms. The van der Waals surface area contributed by atoms with Crippen LogP contribution < -0.4 is 0 Å². The van der Waals surface area contributed by atoms with Gasteiger partial charge >= 0.3 is 5.97 Å². The van der Waals surface area contributed by atoms with Gasteiger partial charge in [0.15, 0.2) is 0 Å². The van der Waals surface area contributed by atoms with Crippen molar-refractivity contribution in [1.29, 1.82) is 0 Å². The van der Waals surface area contributed by atoms with Crippen molar-refractivity contribution in [3.8, 4) is 0 Å². The summed E-state index contributed by atoms with van der Waals surface area (Å²) < 4.78 is 1.59. The van der Waals surface area contributed by atoms with Crippen LogP contribution >= 0.6 is 11.8 Å². The number of carboxylic acids is 1. The highest BCUT2D eigenvalue weighted by Gasteiger charge is 2.10. The Kier molecular flexibility index (Phi) is 3.07. The van der Waals surface area contributed by atoms with Gasteiger partial charge in [-0.05, 0) is 36.9 Å². The molecule has 3 aromatic rings. The maximum absolute atomic E-state index is 11.0. The van der Waals surface area contributed by atoms with Gasteiger partial charge in [0.05, 0.1) is 5.56 Å². The normalized spacial score (nSPS) is 10.8. The maximum Gasteiger partial charge on any atom is 0.335 e. The molecule has 3 rings (SSSR count). The zero-order chi connectivity index (χ0) is 14.1. The largest absolute Gasteiger partial charge is 0.478 e. The minimum atomic E-state index is -0.980. The van der Waals surface area contributed by atoms with Crippen LogP contribution in [0, 0.1) is 6.92 Å². The number of carbonyl (C=O) groups is 1. The molecule has 0 aromatic carbocycles. The van der Waals surface area contributed by atoms with E-state index in [-0.39, 0.29) is 5.56 Å². The van der Waals surface area contributed by atoms with E-state index in [1.807, 2.05) is 13.0 Å². The molecule has 0 bridgehead atoms. The number of aromatic nitrogens is 5. The van der Waals surface area contributed by atoms with Crippen molar-refractivity contribution in [1.82, 2.24) is 24.6 Å². The van der Waals surface area contributed by atoms with Crippen LogP contribution in [-0.4, -0.2) is 35.6 Å². The molecule has 0 aliphatic rings. The van der Waals surface area contributed by atoms with Crippen LogP contribution in [0.4, 0.5) is 0 Å². The summed E-state index contributed by atoms with van der Waals surface area (Å²) in [4.78, 5) is 23.4. The van der Waals surface area contributed by atoms with Crippen molar-refractivity contribution in [2.24, 2.45) is 0 Å². The smallest absolute Gasteiger partial charge is 0.335 e. The van der Waals surface area contributed by atoms with Crippen LogP contribution in [0.1, 0.15) is 16.1 Å². The van der Waals surface area contributed by atoms with Crippen molar-refractivity contribution >= 4 is 23.5 Å². The standard InChI is InChI=1S/C12H9N5O2S/c1-7-4-10(17-12(16-7)14-6-15-17)20-9-5-8(11(18)19)2-3-13-9/h2-6H,1H3,(H,18,19). The first-order chi connectivity index (χ1) is 9.63. The quantitative estimate of drug-likeness (QED) is 0.732. The van der Waals surface area contributed by atoms with E-state index in [9.17, 15) is 4.79 Å². The molecule has 3 aromatic heterocycles. The third-order valence-electron chi connectivity index (χ3n) is 2.54. The van der Waals surface area contributed by atoms with Crippen LogP contribution in [-0.2, 0) is 0 Å². The molecule has 0 amide bonds. The van der Waals surface area contributed by atoms with Gasteiger partial charge in [-0.3, -0.25) is 0 Å². The first-order valence-electron chi connectivity index (χ1n) is 5.68. The first kappa shape index (κ1) is 12.5. The number of hydrogen-bond donors (Lipinski definition) is 1. The van der Waals surface area contributed by atoms with E-state index in [2.05, 4.69) is 20.1 Å². The van der Waals surface area contributed by atoms with Gasteiger partial charge < -0.3 is 5.11 Å². The second-order valence-electron chi connectivity index (χ2n) is 4.00. The molecule has 0 fully saturated rings. The Morgan fingerprint density at radius 2 is 2.20 bits per heavy atom. The van der Waals surface area contributed by atoms with Gasteiger partial charge in [-0.1, -0.05) is 0 Å². The number of hydrogen-bond acceptors (Lipinski definition) is 6. The second-order valence-corrected chi connectivity index (χ2v) is 5.04. The fourth-order valence-corrected chi connectivity index (χ4v) is 2.63. The minimum Gasteiger partial charge on any atom is -0.478 e. The lowest BCUT2D eigenvalue weighted by Gasteiger charge is -2.04. The average Bonchev–Trinajstić information content (AvgIpc) is 2.87. The molecule has 0 aliphatic carbocycles. The van der Waals surface area contributed by atoms with Crippen molar-refractivity contribution in [2.45, 2.75) is 17.0 Å². The summed E-state index contributed by atoms with van der Waals surface area (Å²) in [5.41, 5.74) is 1.01. The molecule has 0 radical (unpaired) electrons. The topological polar surface area (TPSA) is 93.3 Å². The molecule has 0 unspecified atom stereocenters. The zero-order valence-electron chi connectivity index (χ0n) is 10.4. The predicted octanol–water partition coefficient (Wildman–Crippen LogP) is 1.68. The number of fused-ring (bicyclic) bond motifs is 1. The van der Waals surface area contributed by atoms with Crippen LogP contribution in [0.2, 0.25) is 0 Å². The molecule has 1 N–H and O–H groups in total. The van der Waals surface area contributed by atoms with Crippen LogP contribution in [0.5, 0.6) is 0 Å². The van der Waals surface area contributed by atoms with Crippen LogP contribution in [0.15, 0.2) is 40.8 Å². The molecule has 8 heteroatoms. The molecule has 7 nitrogen and oxygen atoms in total. The summed E-state index contributed by atoms with van der Waals surface area (Å²) in [5, 5.41) is 14.4. The Balaban J connectivity index is 2.02. The first-order valence-corrected chi connectivity index (χ1v) is 6.50. The number of aryl methyl sites for hydroxylation is 1. The summed E-state index contributed by atoms with van der Waals surface area (Å²) in [6.07, 6.45) is 2.89. The van der Waals surface area contributed by atoms with Gasteiger partial charge in [0.25, 0.3) is 5.78 Å². The molecule has 0 saturated carbocycles. The Morgan fingerprint density at radius 3 is 3.00 bits per heavy atom. The van der Waals surface area contributed by atoms with E-state index >= 15 is 0 Å². The molecule has 100 valence electrons. The van der Waals surface area contributed by atoms with E-state index in [0.29, 0.717) is 10.8 Å². The second kappa shape index (κ2) is 4.89. The van der Waals surface area contributed by atoms with Gasteiger partial charge in [0.1, 0.15) is 16.4 Å². The lowest BCUT2D eigenvalue weighted by Crippen LogP contribution is -1.99. The van der Waals surface area contributed by atoms with E-state index in [4.69, 9.17) is 5.11 Å². The number of pyridine rings is 1. The van der Waals surface area contributed by atoms with Crippen molar-refractivity contribution in [3.05, 3.63) is 42.0 Å². The molecule has 0 spiro atoms. The Hall–Kier alpha value is -2.48. The summed E-state index contributed by atoms with van der Waals surface area (Å²) >= 11 is 1.31. The summed E-state index contributed by atoms with van der Waals surface area (Å²) in [6, 6.07) is 4.82. The lowest BCUT2D eigenvalue weighted by molar-refractivity contribution is 0.0696. The van der Waals surface area contributed by atoms with Gasteiger partial charge in [0, 0.05) is 11.9 Å². The maximum atomic E-state index is 11.0. The minimum absolute atomic E-state index is 0.197. The van der Waals surface area contributed by atoms with Crippen molar-refractivity contribution < 1.29 is 9.90 Å². The molecule has 0 aliphatic heterocycles. The Morgan fingerprint density at radius 1 is 1.35 bits per heavy atom. The average molecular weight is 287 g/mol. The summed E-state index contributed by atoms with van der Waals surface area (Å²) in [7, 11) is 0. The highest BCUT2D eigenvalue weighted by atomic mass is 32.2. The molecular weight excluding hydrogens is 278 g/mol. The number of carboxylic acid groups (broad SMARTS) is 1. The Labute approximate surface area is 117 Å². The van der Waals surface area contributed by atoms with Gasteiger partial charge in [0.2, 0.25) is 0 Å². The Bertz CT molecular complexity index is 801.